The molecule has 0 fully saturated rings. The van der Waals surface area contributed by atoms with Crippen LogP contribution in [-0.4, -0.2) is 23.4 Å². The lowest BCUT2D eigenvalue weighted by Gasteiger charge is -1.97. The van der Waals surface area contributed by atoms with Gasteiger partial charge in [-0.15, -0.1) is 0 Å². The van der Waals surface area contributed by atoms with Gasteiger partial charge in [-0.3, -0.25) is 0 Å². The third-order valence-corrected chi connectivity index (χ3v) is 2.21. The van der Waals surface area contributed by atoms with Gasteiger partial charge >= 0.3 is 0 Å². The van der Waals surface area contributed by atoms with Crippen molar-refractivity contribution in [3.63, 3.8) is 0 Å². The number of aromatic amines is 1. The van der Waals surface area contributed by atoms with Crippen LogP contribution in [-0.2, 0) is 0 Å². The lowest BCUT2D eigenvalue weighted by molar-refractivity contribution is 1.15. The van der Waals surface area contributed by atoms with E-state index >= 15 is 0 Å². The molecule has 1 aromatic heterocycles. The molecule has 2 aromatic rings. The van der Waals surface area contributed by atoms with Crippen LogP contribution in [0, 0.1) is 6.92 Å². The van der Waals surface area contributed by atoms with Crippen molar-refractivity contribution in [3.8, 4) is 11.3 Å². The second-order valence-electron chi connectivity index (χ2n) is 3.46. The highest BCUT2D eigenvalue weighted by atomic mass is 14.9. The molecule has 0 aliphatic heterocycles. The molecule has 0 aliphatic carbocycles. The summed E-state index contributed by atoms with van der Waals surface area (Å²) in [6, 6.07) is 7.95. The SMILES string of the molecule is CNC=Nc1ccc(-c2c[nH]c(C)n2)cc1. The molecule has 0 aliphatic rings. The van der Waals surface area contributed by atoms with Gasteiger partial charge in [0.15, 0.2) is 0 Å². The van der Waals surface area contributed by atoms with Gasteiger partial charge in [0.1, 0.15) is 5.82 Å². The average molecular weight is 214 g/mol. The Bertz CT molecular complexity index is 482. The summed E-state index contributed by atoms with van der Waals surface area (Å²) in [6.45, 7) is 1.94. The molecule has 2 N–H and O–H groups in total. The summed E-state index contributed by atoms with van der Waals surface area (Å²) in [4.78, 5) is 11.6. The summed E-state index contributed by atoms with van der Waals surface area (Å²) in [5.41, 5.74) is 2.97. The summed E-state index contributed by atoms with van der Waals surface area (Å²) in [5, 5.41) is 2.86. The van der Waals surface area contributed by atoms with Gasteiger partial charge in [0.25, 0.3) is 0 Å². The van der Waals surface area contributed by atoms with E-state index in [-0.39, 0.29) is 0 Å². The first kappa shape index (κ1) is 10.4. The zero-order valence-corrected chi connectivity index (χ0v) is 9.36. The van der Waals surface area contributed by atoms with Crippen molar-refractivity contribution in [2.45, 2.75) is 6.92 Å². The molecule has 0 unspecified atom stereocenters. The van der Waals surface area contributed by atoms with E-state index in [0.717, 1.165) is 22.8 Å². The maximum atomic E-state index is 4.37. The van der Waals surface area contributed by atoms with Gasteiger partial charge in [0.2, 0.25) is 0 Å². The molecule has 2 rings (SSSR count). The number of imidazole rings is 1. The normalized spacial score (nSPS) is 10.9. The standard InChI is InChI=1S/C12H14N4/c1-9-14-7-12(16-9)10-3-5-11(6-4-10)15-8-13-2/h3-8H,1-2H3,(H,13,15)(H,14,16). The molecule has 0 spiro atoms. The lowest BCUT2D eigenvalue weighted by atomic mass is 10.1. The second kappa shape index (κ2) is 4.61. The van der Waals surface area contributed by atoms with E-state index in [4.69, 9.17) is 0 Å². The fraction of sp³-hybridized carbons (Fsp3) is 0.167. The Balaban J connectivity index is 2.22. The third-order valence-electron chi connectivity index (χ3n) is 2.21. The molecule has 4 heteroatoms. The van der Waals surface area contributed by atoms with Crippen LogP contribution in [0.5, 0.6) is 0 Å². The Hall–Kier alpha value is -2.10. The molecule has 16 heavy (non-hydrogen) atoms. The molecule has 1 heterocycles. The van der Waals surface area contributed by atoms with Crippen molar-refractivity contribution in [3.05, 3.63) is 36.3 Å². The van der Waals surface area contributed by atoms with Crippen LogP contribution >= 0.6 is 0 Å². The van der Waals surface area contributed by atoms with Crippen LogP contribution in [0.4, 0.5) is 5.69 Å². The van der Waals surface area contributed by atoms with Gasteiger partial charge in [0, 0.05) is 18.8 Å². The van der Waals surface area contributed by atoms with Crippen molar-refractivity contribution >= 4 is 12.0 Å². The third kappa shape index (κ3) is 2.28. The van der Waals surface area contributed by atoms with Crippen molar-refractivity contribution in [1.29, 1.82) is 0 Å². The lowest BCUT2D eigenvalue weighted by Crippen LogP contribution is -1.99. The number of aryl methyl sites for hydroxylation is 1. The summed E-state index contributed by atoms with van der Waals surface area (Å²) >= 11 is 0. The molecule has 0 radical (unpaired) electrons. The summed E-state index contributed by atoms with van der Waals surface area (Å²) in [5.74, 6) is 0.923. The first-order chi connectivity index (χ1) is 7.79. The summed E-state index contributed by atoms with van der Waals surface area (Å²) < 4.78 is 0. The fourth-order valence-electron chi connectivity index (χ4n) is 1.42. The molecule has 0 saturated heterocycles. The van der Waals surface area contributed by atoms with Crippen molar-refractivity contribution < 1.29 is 0 Å². The topological polar surface area (TPSA) is 53.1 Å². The number of aromatic nitrogens is 2. The van der Waals surface area contributed by atoms with E-state index in [1.807, 2.05) is 44.4 Å². The van der Waals surface area contributed by atoms with Crippen LogP contribution in [0.3, 0.4) is 0 Å². The zero-order valence-electron chi connectivity index (χ0n) is 9.36. The molecule has 0 bridgehead atoms. The van der Waals surface area contributed by atoms with E-state index < -0.39 is 0 Å². The number of nitrogens with zero attached hydrogens (tertiary/aromatic N) is 2. The largest absolute Gasteiger partial charge is 0.379 e. The molecular weight excluding hydrogens is 200 g/mol. The van der Waals surface area contributed by atoms with Crippen LogP contribution in [0.25, 0.3) is 11.3 Å². The Morgan fingerprint density at radius 1 is 1.31 bits per heavy atom. The molecule has 0 amide bonds. The Morgan fingerprint density at radius 3 is 2.62 bits per heavy atom. The smallest absolute Gasteiger partial charge is 0.103 e. The monoisotopic (exact) mass is 214 g/mol. The second-order valence-corrected chi connectivity index (χ2v) is 3.46. The summed E-state index contributed by atoms with van der Waals surface area (Å²) in [6.07, 6.45) is 3.56. The highest BCUT2D eigenvalue weighted by Gasteiger charge is 2.00. The Labute approximate surface area is 94.5 Å². The van der Waals surface area contributed by atoms with Crippen molar-refractivity contribution in [2.75, 3.05) is 7.05 Å². The van der Waals surface area contributed by atoms with Crippen LogP contribution in [0.1, 0.15) is 5.82 Å². The van der Waals surface area contributed by atoms with Crippen LogP contribution in [0.15, 0.2) is 35.5 Å². The van der Waals surface area contributed by atoms with Crippen LogP contribution < -0.4 is 5.32 Å². The highest BCUT2D eigenvalue weighted by molar-refractivity contribution is 5.65. The van der Waals surface area contributed by atoms with E-state index in [2.05, 4.69) is 20.3 Å². The molecule has 82 valence electrons. The quantitative estimate of drug-likeness (QED) is 0.608. The molecule has 1 aromatic carbocycles. The fourth-order valence-corrected chi connectivity index (χ4v) is 1.42. The minimum atomic E-state index is 0.922. The first-order valence-corrected chi connectivity index (χ1v) is 5.12. The number of hydrogen-bond acceptors (Lipinski definition) is 2. The highest BCUT2D eigenvalue weighted by Crippen LogP contribution is 2.20. The van der Waals surface area contributed by atoms with Crippen LogP contribution in [0.2, 0.25) is 0 Å². The number of H-pyrrole nitrogens is 1. The zero-order chi connectivity index (χ0) is 11.4. The van der Waals surface area contributed by atoms with Gasteiger partial charge in [-0.2, -0.15) is 0 Å². The maximum absolute atomic E-state index is 4.37. The van der Waals surface area contributed by atoms with Gasteiger partial charge < -0.3 is 10.3 Å². The van der Waals surface area contributed by atoms with Crippen molar-refractivity contribution in [2.24, 2.45) is 4.99 Å². The number of aliphatic imine (C=N–C) groups is 1. The molecule has 4 nitrogen and oxygen atoms in total. The molecular formula is C12H14N4. The minimum absolute atomic E-state index is 0.922. The average Bonchev–Trinajstić information content (AvgIpc) is 2.74. The Kier molecular flexibility index (Phi) is 3.00. The van der Waals surface area contributed by atoms with E-state index in [0.29, 0.717) is 0 Å². The van der Waals surface area contributed by atoms with E-state index in [1.165, 1.54) is 0 Å². The predicted molar refractivity (Wildman–Crippen MR) is 66.0 cm³/mol. The number of nitrogens with one attached hydrogen (secondary N) is 2. The van der Waals surface area contributed by atoms with Gasteiger partial charge in [0.05, 0.1) is 17.7 Å². The number of rotatable bonds is 3. The Morgan fingerprint density at radius 2 is 2.06 bits per heavy atom. The van der Waals surface area contributed by atoms with E-state index in [1.54, 1.807) is 6.34 Å². The summed E-state index contributed by atoms with van der Waals surface area (Å²) in [7, 11) is 1.82. The van der Waals surface area contributed by atoms with Gasteiger partial charge in [-0.05, 0) is 19.1 Å². The van der Waals surface area contributed by atoms with Gasteiger partial charge in [-0.25, -0.2) is 9.98 Å². The maximum Gasteiger partial charge on any atom is 0.103 e. The van der Waals surface area contributed by atoms with Crippen molar-refractivity contribution in [1.82, 2.24) is 15.3 Å². The molecule has 0 atom stereocenters. The molecule has 0 saturated carbocycles. The first-order valence-electron chi connectivity index (χ1n) is 5.12. The van der Waals surface area contributed by atoms with E-state index in [9.17, 15) is 0 Å². The van der Waals surface area contributed by atoms with Gasteiger partial charge in [-0.1, -0.05) is 12.1 Å². The predicted octanol–water partition coefficient (Wildman–Crippen LogP) is 2.26. The number of benzene rings is 1. The minimum Gasteiger partial charge on any atom is -0.379 e. The number of hydrogen-bond donors (Lipinski definition) is 2.